The van der Waals surface area contributed by atoms with Gasteiger partial charge in [0.05, 0.1) is 12.1 Å². The van der Waals surface area contributed by atoms with Crippen molar-refractivity contribution < 1.29 is 14.3 Å². The number of aryl methyl sites for hydroxylation is 1. The number of nitrogens with one attached hydrogen (secondary N) is 1. The van der Waals surface area contributed by atoms with E-state index in [0.717, 1.165) is 15.6 Å². The van der Waals surface area contributed by atoms with Gasteiger partial charge >= 0.3 is 5.97 Å². The number of hydrogen-bond acceptors (Lipinski definition) is 4. The summed E-state index contributed by atoms with van der Waals surface area (Å²) in [6.45, 7) is 1.67. The van der Waals surface area contributed by atoms with E-state index >= 15 is 0 Å². The lowest BCUT2D eigenvalue weighted by atomic mass is 10.2. The van der Waals surface area contributed by atoms with Crippen LogP contribution in [0.25, 0.3) is 0 Å². The van der Waals surface area contributed by atoms with Crippen LogP contribution in [0.5, 0.6) is 0 Å². The largest absolute Gasteiger partial charge is 0.455 e. The summed E-state index contributed by atoms with van der Waals surface area (Å²) in [4.78, 5) is 23.3. The van der Waals surface area contributed by atoms with Gasteiger partial charge in [-0.1, -0.05) is 6.07 Å². The summed E-state index contributed by atoms with van der Waals surface area (Å²) < 4.78 is 5.74. The molecule has 1 amide bonds. The third-order valence-electron chi connectivity index (χ3n) is 2.69. The lowest BCUT2D eigenvalue weighted by Crippen LogP contribution is -2.21. The van der Waals surface area contributed by atoms with Gasteiger partial charge in [-0.25, -0.2) is 0 Å². The first-order chi connectivity index (χ1) is 10.0. The molecule has 1 aromatic heterocycles. The topological polar surface area (TPSA) is 55.4 Å². The van der Waals surface area contributed by atoms with Crippen molar-refractivity contribution in [2.24, 2.45) is 0 Å². The minimum Gasteiger partial charge on any atom is -0.455 e. The first-order valence-electron chi connectivity index (χ1n) is 6.27. The van der Waals surface area contributed by atoms with Gasteiger partial charge in [0.1, 0.15) is 0 Å². The van der Waals surface area contributed by atoms with Gasteiger partial charge in [-0.15, -0.1) is 0 Å². The number of hydrogen-bond donors (Lipinski definition) is 1. The number of anilines is 1. The molecule has 6 heteroatoms. The average Bonchev–Trinajstić information content (AvgIpc) is 2.92. The first-order valence-corrected chi connectivity index (χ1v) is 8.01. The van der Waals surface area contributed by atoms with Gasteiger partial charge in [-0.05, 0) is 62.9 Å². The van der Waals surface area contributed by atoms with Gasteiger partial charge < -0.3 is 10.1 Å². The van der Waals surface area contributed by atoms with E-state index in [1.54, 1.807) is 6.07 Å². The molecule has 0 aliphatic carbocycles. The Labute approximate surface area is 135 Å². The monoisotopic (exact) mass is 367 g/mol. The summed E-state index contributed by atoms with van der Waals surface area (Å²) in [6.07, 6.45) is 0.186. The fourth-order valence-corrected chi connectivity index (χ4v) is 2.93. The standard InChI is InChI=1S/C15H14BrNO3S/c1-10-2-3-13(12(16)6-10)17-14(18)8-20-15(19)7-11-4-5-21-9-11/h2-6,9H,7-8H2,1H3,(H,17,18). The number of carbonyl (C=O) groups excluding carboxylic acids is 2. The molecule has 0 saturated carbocycles. The Hall–Kier alpha value is -1.66. The number of esters is 1. The Balaban J connectivity index is 1.80. The first kappa shape index (κ1) is 15.7. The highest BCUT2D eigenvalue weighted by molar-refractivity contribution is 9.10. The number of carbonyl (C=O) groups is 2. The molecule has 1 aromatic carbocycles. The van der Waals surface area contributed by atoms with Crippen LogP contribution in [-0.4, -0.2) is 18.5 Å². The van der Waals surface area contributed by atoms with E-state index in [9.17, 15) is 9.59 Å². The van der Waals surface area contributed by atoms with E-state index in [0.29, 0.717) is 5.69 Å². The highest BCUT2D eigenvalue weighted by Crippen LogP contribution is 2.23. The van der Waals surface area contributed by atoms with E-state index in [2.05, 4.69) is 21.2 Å². The molecule has 0 bridgehead atoms. The van der Waals surface area contributed by atoms with Crippen LogP contribution in [0.2, 0.25) is 0 Å². The predicted octanol–water partition coefficient (Wildman–Crippen LogP) is 3.54. The Bertz CT molecular complexity index is 640. The summed E-state index contributed by atoms with van der Waals surface area (Å²) in [5, 5.41) is 6.46. The molecular weight excluding hydrogens is 354 g/mol. The van der Waals surface area contributed by atoms with Gasteiger partial charge in [0.25, 0.3) is 5.91 Å². The van der Waals surface area contributed by atoms with Crippen molar-refractivity contribution in [1.82, 2.24) is 0 Å². The quantitative estimate of drug-likeness (QED) is 0.822. The molecule has 0 spiro atoms. The van der Waals surface area contributed by atoms with Crippen LogP contribution < -0.4 is 5.32 Å². The zero-order valence-corrected chi connectivity index (χ0v) is 13.8. The second-order valence-corrected chi connectivity index (χ2v) is 6.13. The molecule has 0 fully saturated rings. The molecule has 0 saturated heterocycles. The van der Waals surface area contributed by atoms with Gasteiger partial charge in [0.15, 0.2) is 6.61 Å². The van der Waals surface area contributed by atoms with Crippen molar-refractivity contribution in [1.29, 1.82) is 0 Å². The molecule has 2 rings (SSSR count). The van der Waals surface area contributed by atoms with E-state index in [1.165, 1.54) is 11.3 Å². The zero-order chi connectivity index (χ0) is 15.2. The van der Waals surface area contributed by atoms with Gasteiger partial charge in [-0.3, -0.25) is 9.59 Å². The van der Waals surface area contributed by atoms with Crippen molar-refractivity contribution in [3.8, 4) is 0 Å². The van der Waals surface area contributed by atoms with Crippen LogP contribution in [0.3, 0.4) is 0 Å². The predicted molar refractivity (Wildman–Crippen MR) is 86.5 cm³/mol. The molecule has 110 valence electrons. The van der Waals surface area contributed by atoms with Gasteiger partial charge in [0.2, 0.25) is 0 Å². The summed E-state index contributed by atoms with van der Waals surface area (Å²) in [5.74, 6) is -0.773. The summed E-state index contributed by atoms with van der Waals surface area (Å²) in [7, 11) is 0. The highest BCUT2D eigenvalue weighted by atomic mass is 79.9. The van der Waals surface area contributed by atoms with Crippen molar-refractivity contribution in [3.63, 3.8) is 0 Å². The summed E-state index contributed by atoms with van der Waals surface area (Å²) in [6, 6.07) is 7.45. The molecule has 0 unspecified atom stereocenters. The zero-order valence-electron chi connectivity index (χ0n) is 11.4. The smallest absolute Gasteiger partial charge is 0.310 e. The Morgan fingerprint density at radius 2 is 2.14 bits per heavy atom. The van der Waals surface area contributed by atoms with Crippen LogP contribution in [0, 0.1) is 6.92 Å². The van der Waals surface area contributed by atoms with Crippen LogP contribution in [0.4, 0.5) is 5.69 Å². The Morgan fingerprint density at radius 3 is 2.81 bits per heavy atom. The Kier molecular flexibility index (Phi) is 5.52. The van der Waals surface area contributed by atoms with E-state index < -0.39 is 5.97 Å². The van der Waals surface area contributed by atoms with Crippen molar-refractivity contribution >= 4 is 44.8 Å². The highest BCUT2D eigenvalue weighted by Gasteiger charge is 2.10. The summed E-state index contributed by atoms with van der Waals surface area (Å²) >= 11 is 4.89. The lowest BCUT2D eigenvalue weighted by molar-refractivity contribution is -0.146. The normalized spacial score (nSPS) is 10.2. The SMILES string of the molecule is Cc1ccc(NC(=O)COC(=O)Cc2ccsc2)c(Br)c1. The molecule has 2 aromatic rings. The molecule has 1 heterocycles. The molecule has 0 aliphatic rings. The number of rotatable bonds is 5. The molecule has 0 radical (unpaired) electrons. The van der Waals surface area contributed by atoms with Gasteiger partial charge in [0, 0.05) is 4.47 Å². The number of amides is 1. The van der Waals surface area contributed by atoms with E-state index in [1.807, 2.05) is 35.9 Å². The maximum atomic E-state index is 11.7. The van der Waals surface area contributed by atoms with Crippen molar-refractivity contribution in [2.45, 2.75) is 13.3 Å². The van der Waals surface area contributed by atoms with Crippen molar-refractivity contribution in [2.75, 3.05) is 11.9 Å². The minimum absolute atomic E-state index is 0.186. The third-order valence-corrected chi connectivity index (χ3v) is 4.08. The number of thiophene rings is 1. The average molecular weight is 368 g/mol. The van der Waals surface area contributed by atoms with E-state index in [-0.39, 0.29) is 18.9 Å². The van der Waals surface area contributed by atoms with Crippen LogP contribution in [0.15, 0.2) is 39.5 Å². The summed E-state index contributed by atoms with van der Waals surface area (Å²) in [5.41, 5.74) is 2.63. The van der Waals surface area contributed by atoms with Gasteiger partial charge in [-0.2, -0.15) is 11.3 Å². The maximum Gasteiger partial charge on any atom is 0.310 e. The fraction of sp³-hybridized carbons (Fsp3) is 0.200. The molecule has 4 nitrogen and oxygen atoms in total. The van der Waals surface area contributed by atoms with Crippen LogP contribution in [-0.2, 0) is 20.7 Å². The maximum absolute atomic E-state index is 11.7. The van der Waals surface area contributed by atoms with Crippen molar-refractivity contribution in [3.05, 3.63) is 50.6 Å². The van der Waals surface area contributed by atoms with Crippen LogP contribution >= 0.6 is 27.3 Å². The molecule has 21 heavy (non-hydrogen) atoms. The van der Waals surface area contributed by atoms with Crippen LogP contribution in [0.1, 0.15) is 11.1 Å². The molecular formula is C15H14BrNO3S. The number of benzene rings is 1. The number of ether oxygens (including phenoxy) is 1. The fourth-order valence-electron chi connectivity index (χ4n) is 1.66. The molecule has 0 aliphatic heterocycles. The Morgan fingerprint density at radius 1 is 1.33 bits per heavy atom. The second-order valence-electron chi connectivity index (χ2n) is 4.50. The number of halogens is 1. The van der Waals surface area contributed by atoms with E-state index in [4.69, 9.17) is 4.74 Å². The third kappa shape index (κ3) is 4.99. The lowest BCUT2D eigenvalue weighted by Gasteiger charge is -2.08. The molecule has 1 N–H and O–H groups in total. The second kappa shape index (κ2) is 7.38. The minimum atomic E-state index is -0.411. The molecule has 0 atom stereocenters.